The second-order valence-corrected chi connectivity index (χ2v) is 7.61. The van der Waals surface area contributed by atoms with E-state index in [2.05, 4.69) is 63.9 Å². The van der Waals surface area contributed by atoms with Crippen LogP contribution in [0, 0.1) is 3.80 Å². The third kappa shape index (κ3) is 5.04. The van der Waals surface area contributed by atoms with Crippen molar-refractivity contribution in [3.8, 4) is 0 Å². The molecule has 3 rings (SSSR count). The van der Waals surface area contributed by atoms with E-state index in [4.69, 9.17) is 5.73 Å². The molecule has 2 aromatic rings. The van der Waals surface area contributed by atoms with Gasteiger partial charge in [0, 0.05) is 11.0 Å². The molecule has 3 nitrogen and oxygen atoms in total. The van der Waals surface area contributed by atoms with Crippen molar-refractivity contribution in [2.45, 2.75) is 44.7 Å². The monoisotopic (exact) mass is 544 g/mol. The maximum atomic E-state index is 5.38. The first-order chi connectivity index (χ1) is 10.6. The van der Waals surface area contributed by atoms with E-state index in [1.165, 1.54) is 41.5 Å². The van der Waals surface area contributed by atoms with Crippen LogP contribution >= 0.6 is 15.9 Å². The van der Waals surface area contributed by atoms with Crippen LogP contribution in [0.15, 0.2) is 41.1 Å². The summed E-state index contributed by atoms with van der Waals surface area (Å²) in [6.45, 7) is 0.618. The van der Waals surface area contributed by atoms with Gasteiger partial charge in [-0.05, 0) is 17.7 Å². The van der Waals surface area contributed by atoms with Crippen molar-refractivity contribution in [2.75, 3.05) is 0 Å². The van der Waals surface area contributed by atoms with Crippen LogP contribution in [0.3, 0.4) is 0 Å². The number of hydrogen-bond acceptors (Lipinski definition) is 1. The summed E-state index contributed by atoms with van der Waals surface area (Å²) in [5.41, 5.74) is 6.55. The van der Waals surface area contributed by atoms with Gasteiger partial charge < -0.3 is 5.73 Å². The van der Waals surface area contributed by atoms with Crippen LogP contribution in [0.1, 0.15) is 43.7 Å². The van der Waals surface area contributed by atoms with E-state index < -0.39 is 0 Å². The number of imidazole rings is 1. The summed E-state index contributed by atoms with van der Waals surface area (Å²) < 4.78 is 7.07. The minimum atomic E-state index is 0.618. The van der Waals surface area contributed by atoms with E-state index in [1.54, 1.807) is 0 Å². The number of aryl methyl sites for hydroxylation is 1. The van der Waals surface area contributed by atoms with Gasteiger partial charge in [-0.2, -0.15) is 0 Å². The Morgan fingerprint density at radius 3 is 2.27 bits per heavy atom. The number of rotatable bonds is 2. The Morgan fingerprint density at radius 2 is 1.77 bits per heavy atom. The standard InChI is InChI=1S/C10H16N2.C7H8BrN.Pt/c1-11-7-8-12(9-11)10-5-3-2-4-6-10;8-7-3-1-6(5-9)2-4-7;/h7-8,10H,2-6H2,1H3;1-4H,5,9H2;. The number of nitrogens with zero attached hydrogens (tertiary/aromatic N) is 2. The number of nitrogens with two attached hydrogens (primary N) is 1. The van der Waals surface area contributed by atoms with Crippen LogP contribution < -0.4 is 5.73 Å². The van der Waals surface area contributed by atoms with Crippen molar-refractivity contribution in [1.82, 2.24) is 9.13 Å². The van der Waals surface area contributed by atoms with Gasteiger partial charge in [0.2, 0.25) is 0 Å². The van der Waals surface area contributed by atoms with Gasteiger partial charge in [0.25, 0.3) is 0 Å². The smallest absolute Gasteiger partial charge is 0.0178 e. The Bertz CT molecular complexity index is 624. The molecule has 1 aromatic carbocycles. The molecule has 0 amide bonds. The summed E-state index contributed by atoms with van der Waals surface area (Å²) in [6, 6.07) is 8.75. The number of hydrogen-bond donors (Lipinski definition) is 1. The molecule has 0 spiro atoms. The zero-order valence-electron chi connectivity index (χ0n) is 13.0. The first kappa shape index (κ1) is 17.9. The third-order valence-corrected chi connectivity index (χ3v) is 5.95. The van der Waals surface area contributed by atoms with E-state index in [-0.39, 0.29) is 0 Å². The van der Waals surface area contributed by atoms with E-state index in [0.29, 0.717) is 6.54 Å². The van der Waals surface area contributed by atoms with Gasteiger partial charge in [0.1, 0.15) is 0 Å². The molecular formula is C17H24BrN3Pt. The van der Waals surface area contributed by atoms with Gasteiger partial charge in [-0.1, -0.05) is 28.1 Å². The summed E-state index contributed by atoms with van der Waals surface area (Å²) in [5, 5.41) is 0. The number of aromatic nitrogens is 2. The maximum Gasteiger partial charge on any atom is 0.0178 e. The molecule has 1 saturated carbocycles. The van der Waals surface area contributed by atoms with Crippen molar-refractivity contribution in [2.24, 2.45) is 12.8 Å². The van der Waals surface area contributed by atoms with Crippen LogP contribution in [0.25, 0.3) is 0 Å². The fourth-order valence-electron chi connectivity index (χ4n) is 2.71. The van der Waals surface area contributed by atoms with Crippen molar-refractivity contribution < 1.29 is 19.4 Å². The molecule has 22 heavy (non-hydrogen) atoms. The summed E-state index contributed by atoms with van der Waals surface area (Å²) in [4.78, 5) is 0. The van der Waals surface area contributed by atoms with Crippen molar-refractivity contribution >= 4 is 15.9 Å². The molecule has 5 heteroatoms. The molecule has 0 bridgehead atoms. The number of benzene rings is 1. The molecule has 1 fully saturated rings. The average molecular weight is 545 g/mol. The maximum absolute atomic E-state index is 5.38. The van der Waals surface area contributed by atoms with Crippen LogP contribution in [0.2, 0.25) is 0 Å². The Kier molecular flexibility index (Phi) is 7.33. The zero-order chi connectivity index (χ0) is 15.9. The SMILES string of the molecule is Cn1ccn(C2CCCCC2)[c]1=[Pt].NCc1ccc(Br)cc1. The summed E-state index contributed by atoms with van der Waals surface area (Å²) in [7, 11) is 2.11. The predicted molar refractivity (Wildman–Crippen MR) is 90.8 cm³/mol. The minimum Gasteiger partial charge on any atom is -0.326 e. The van der Waals surface area contributed by atoms with Crippen LogP contribution in [-0.2, 0) is 32.9 Å². The summed E-state index contributed by atoms with van der Waals surface area (Å²) in [5.74, 6) is 0. The second-order valence-electron chi connectivity index (χ2n) is 5.68. The first-order valence-corrected chi connectivity index (χ1v) is 9.68. The topological polar surface area (TPSA) is 35.9 Å². The molecule has 1 aromatic heterocycles. The predicted octanol–water partition coefficient (Wildman–Crippen LogP) is 4.32. The van der Waals surface area contributed by atoms with E-state index >= 15 is 0 Å². The Balaban J connectivity index is 0.000000172. The molecular weight excluding hydrogens is 521 g/mol. The Labute approximate surface area is 152 Å². The van der Waals surface area contributed by atoms with Crippen molar-refractivity contribution in [1.29, 1.82) is 0 Å². The molecule has 1 aliphatic rings. The first-order valence-electron chi connectivity index (χ1n) is 7.75. The quantitative estimate of drug-likeness (QED) is 0.600. The van der Waals surface area contributed by atoms with E-state index in [9.17, 15) is 0 Å². The Hall–Kier alpha value is -0.442. The second kappa shape index (κ2) is 9.00. The van der Waals surface area contributed by atoms with Gasteiger partial charge in [-0.3, -0.25) is 0 Å². The molecule has 0 unspecified atom stereocenters. The molecule has 2 N–H and O–H groups in total. The van der Waals surface area contributed by atoms with Gasteiger partial charge in [0.05, 0.1) is 0 Å². The Morgan fingerprint density at radius 1 is 1.14 bits per heavy atom. The molecule has 0 atom stereocenters. The molecule has 1 aliphatic carbocycles. The fraction of sp³-hybridized carbons (Fsp3) is 0.471. The van der Waals surface area contributed by atoms with Gasteiger partial charge in [0.15, 0.2) is 0 Å². The normalized spacial score (nSPS) is 15.3. The molecule has 1 heterocycles. The zero-order valence-corrected chi connectivity index (χ0v) is 16.8. The van der Waals surface area contributed by atoms with Gasteiger partial charge in [-0.25, -0.2) is 0 Å². The fourth-order valence-corrected chi connectivity index (χ4v) is 3.73. The molecule has 0 saturated heterocycles. The van der Waals surface area contributed by atoms with Crippen LogP contribution in [0.4, 0.5) is 0 Å². The molecule has 0 aliphatic heterocycles. The van der Waals surface area contributed by atoms with Crippen molar-refractivity contribution in [3.05, 3.63) is 50.5 Å². The van der Waals surface area contributed by atoms with Crippen LogP contribution in [0.5, 0.6) is 0 Å². The van der Waals surface area contributed by atoms with E-state index in [1.807, 2.05) is 24.3 Å². The van der Waals surface area contributed by atoms with Crippen molar-refractivity contribution in [3.63, 3.8) is 0 Å². The average Bonchev–Trinajstić information content (AvgIpc) is 2.89. The van der Waals surface area contributed by atoms with Crippen LogP contribution in [-0.4, -0.2) is 9.13 Å². The third-order valence-electron chi connectivity index (χ3n) is 4.03. The molecule has 124 valence electrons. The summed E-state index contributed by atoms with van der Waals surface area (Å²) in [6.07, 6.45) is 11.3. The minimum absolute atomic E-state index is 0.618. The summed E-state index contributed by atoms with van der Waals surface area (Å²) >= 11 is 5.75. The largest absolute Gasteiger partial charge is 0.326 e. The van der Waals surface area contributed by atoms with Gasteiger partial charge >= 0.3 is 89.9 Å². The number of halogens is 1. The van der Waals surface area contributed by atoms with E-state index in [0.717, 1.165) is 10.5 Å². The molecule has 0 radical (unpaired) electrons. The van der Waals surface area contributed by atoms with Gasteiger partial charge in [-0.15, -0.1) is 0 Å².